The minimum absolute atomic E-state index is 0.292. The fourth-order valence-electron chi connectivity index (χ4n) is 1.06. The van der Waals surface area contributed by atoms with Crippen LogP contribution in [0.1, 0.15) is 19.8 Å². The minimum atomic E-state index is -0.757. The molecule has 1 rings (SSSR count). The molecule has 58 valence electrons. The maximum Gasteiger partial charge on any atom is 0.106 e. The molecule has 1 saturated heterocycles. The van der Waals surface area contributed by atoms with Crippen LogP contribution in [0.5, 0.6) is 0 Å². The number of aliphatic hydroxyl groups is 1. The first kappa shape index (κ1) is 7.76. The molecular formula is C8H14O2. The Kier molecular flexibility index (Phi) is 2.11. The molecule has 1 aliphatic heterocycles. The fourth-order valence-corrected chi connectivity index (χ4v) is 1.06. The lowest BCUT2D eigenvalue weighted by molar-refractivity contribution is -0.0873. The largest absolute Gasteiger partial charge is 0.383 e. The first-order valence-electron chi connectivity index (χ1n) is 3.64. The van der Waals surface area contributed by atoms with Crippen LogP contribution >= 0.6 is 0 Å². The minimum Gasteiger partial charge on any atom is -0.383 e. The smallest absolute Gasteiger partial charge is 0.106 e. The highest BCUT2D eigenvalue weighted by Crippen LogP contribution is 2.23. The summed E-state index contributed by atoms with van der Waals surface area (Å²) in [5.41, 5.74) is -0.757. The zero-order chi connectivity index (χ0) is 7.61. The predicted octanol–water partition coefficient (Wildman–Crippen LogP) is 1.10. The van der Waals surface area contributed by atoms with Crippen molar-refractivity contribution in [3.8, 4) is 0 Å². The molecule has 0 radical (unpaired) electrons. The molecule has 2 unspecified atom stereocenters. The van der Waals surface area contributed by atoms with Gasteiger partial charge >= 0.3 is 0 Å². The SMILES string of the molecule is C=CC1(O)CCC(C)OC1. The van der Waals surface area contributed by atoms with Crippen LogP contribution in [0.4, 0.5) is 0 Å². The van der Waals surface area contributed by atoms with Crippen molar-refractivity contribution in [3.63, 3.8) is 0 Å². The van der Waals surface area contributed by atoms with Gasteiger partial charge in [-0.2, -0.15) is 0 Å². The second-order valence-electron chi connectivity index (χ2n) is 2.97. The van der Waals surface area contributed by atoms with Gasteiger partial charge in [-0.15, -0.1) is 6.58 Å². The summed E-state index contributed by atoms with van der Waals surface area (Å²) in [7, 11) is 0. The molecule has 1 fully saturated rings. The lowest BCUT2D eigenvalue weighted by Crippen LogP contribution is -2.39. The Morgan fingerprint density at radius 2 is 2.50 bits per heavy atom. The molecule has 0 bridgehead atoms. The van der Waals surface area contributed by atoms with Gasteiger partial charge in [0.2, 0.25) is 0 Å². The van der Waals surface area contributed by atoms with E-state index in [0.29, 0.717) is 12.7 Å². The van der Waals surface area contributed by atoms with E-state index in [9.17, 15) is 5.11 Å². The Labute approximate surface area is 61.5 Å². The molecule has 1 aliphatic rings. The van der Waals surface area contributed by atoms with Gasteiger partial charge in [0.15, 0.2) is 0 Å². The molecule has 2 heteroatoms. The normalized spacial score (nSPS) is 41.2. The average molecular weight is 142 g/mol. The van der Waals surface area contributed by atoms with E-state index < -0.39 is 5.60 Å². The topological polar surface area (TPSA) is 29.5 Å². The maximum atomic E-state index is 9.55. The van der Waals surface area contributed by atoms with Gasteiger partial charge in [0.05, 0.1) is 12.7 Å². The Balaban J connectivity index is 2.46. The molecule has 0 aliphatic carbocycles. The summed E-state index contributed by atoms with van der Waals surface area (Å²) >= 11 is 0. The highest BCUT2D eigenvalue weighted by Gasteiger charge is 2.28. The van der Waals surface area contributed by atoms with E-state index in [1.807, 2.05) is 6.92 Å². The van der Waals surface area contributed by atoms with Gasteiger partial charge in [0.1, 0.15) is 5.60 Å². The predicted molar refractivity (Wildman–Crippen MR) is 39.8 cm³/mol. The molecule has 0 spiro atoms. The average Bonchev–Trinajstić information content (AvgIpc) is 1.96. The van der Waals surface area contributed by atoms with Crippen molar-refractivity contribution in [2.24, 2.45) is 0 Å². The third-order valence-corrected chi connectivity index (χ3v) is 1.98. The lowest BCUT2D eigenvalue weighted by Gasteiger charge is -2.32. The van der Waals surface area contributed by atoms with Crippen LogP contribution in [-0.2, 0) is 4.74 Å². The van der Waals surface area contributed by atoms with E-state index in [4.69, 9.17) is 4.74 Å². The van der Waals surface area contributed by atoms with Gasteiger partial charge < -0.3 is 9.84 Å². The third kappa shape index (κ3) is 1.58. The van der Waals surface area contributed by atoms with Crippen LogP contribution in [0.2, 0.25) is 0 Å². The summed E-state index contributed by atoms with van der Waals surface area (Å²) in [6.45, 7) is 5.97. The van der Waals surface area contributed by atoms with Crippen molar-refractivity contribution in [2.45, 2.75) is 31.5 Å². The second-order valence-corrected chi connectivity index (χ2v) is 2.97. The van der Waals surface area contributed by atoms with E-state index in [-0.39, 0.29) is 0 Å². The second kappa shape index (κ2) is 2.72. The van der Waals surface area contributed by atoms with Crippen molar-refractivity contribution < 1.29 is 9.84 Å². The summed E-state index contributed by atoms with van der Waals surface area (Å²) < 4.78 is 5.26. The quantitative estimate of drug-likeness (QED) is 0.555. The monoisotopic (exact) mass is 142 g/mol. The Morgan fingerprint density at radius 1 is 1.80 bits per heavy atom. The summed E-state index contributed by atoms with van der Waals surface area (Å²) in [6.07, 6.45) is 3.55. The van der Waals surface area contributed by atoms with E-state index in [1.54, 1.807) is 6.08 Å². The Hall–Kier alpha value is -0.340. The summed E-state index contributed by atoms with van der Waals surface area (Å²) in [4.78, 5) is 0. The van der Waals surface area contributed by atoms with E-state index in [0.717, 1.165) is 12.8 Å². The van der Waals surface area contributed by atoms with E-state index >= 15 is 0 Å². The standard InChI is InChI=1S/C8H14O2/c1-3-8(9)5-4-7(2)10-6-8/h3,7,9H,1,4-6H2,2H3. The van der Waals surface area contributed by atoms with Crippen LogP contribution < -0.4 is 0 Å². The first-order chi connectivity index (χ1) is 4.66. The zero-order valence-corrected chi connectivity index (χ0v) is 6.34. The summed E-state index contributed by atoms with van der Waals surface area (Å²) in [5, 5.41) is 9.55. The molecule has 0 aromatic heterocycles. The van der Waals surface area contributed by atoms with Gasteiger partial charge in [0, 0.05) is 0 Å². The van der Waals surface area contributed by atoms with Crippen molar-refractivity contribution >= 4 is 0 Å². The maximum absolute atomic E-state index is 9.55. The molecule has 0 saturated carbocycles. The number of rotatable bonds is 1. The van der Waals surface area contributed by atoms with Crippen LogP contribution in [-0.4, -0.2) is 23.4 Å². The summed E-state index contributed by atoms with van der Waals surface area (Å²) in [6, 6.07) is 0. The molecule has 2 atom stereocenters. The van der Waals surface area contributed by atoms with Crippen molar-refractivity contribution in [1.29, 1.82) is 0 Å². The third-order valence-electron chi connectivity index (χ3n) is 1.98. The fraction of sp³-hybridized carbons (Fsp3) is 0.750. The van der Waals surface area contributed by atoms with E-state index in [2.05, 4.69) is 6.58 Å². The highest BCUT2D eigenvalue weighted by atomic mass is 16.5. The Bertz CT molecular complexity index is 123. The molecule has 0 aromatic rings. The number of hydrogen-bond acceptors (Lipinski definition) is 2. The number of ether oxygens (including phenoxy) is 1. The lowest BCUT2D eigenvalue weighted by atomic mass is 9.94. The van der Waals surface area contributed by atoms with Crippen molar-refractivity contribution in [3.05, 3.63) is 12.7 Å². The molecule has 2 nitrogen and oxygen atoms in total. The van der Waals surface area contributed by atoms with Crippen LogP contribution in [0.15, 0.2) is 12.7 Å². The van der Waals surface area contributed by atoms with Gasteiger partial charge in [-0.3, -0.25) is 0 Å². The first-order valence-corrected chi connectivity index (χ1v) is 3.64. The van der Waals surface area contributed by atoms with Crippen LogP contribution in [0.25, 0.3) is 0 Å². The van der Waals surface area contributed by atoms with Crippen molar-refractivity contribution in [2.75, 3.05) is 6.61 Å². The number of hydrogen-bond donors (Lipinski definition) is 1. The molecule has 10 heavy (non-hydrogen) atoms. The van der Waals surface area contributed by atoms with Gasteiger partial charge in [-0.05, 0) is 19.8 Å². The molecule has 1 N–H and O–H groups in total. The van der Waals surface area contributed by atoms with Gasteiger partial charge in [-0.25, -0.2) is 0 Å². The van der Waals surface area contributed by atoms with Crippen molar-refractivity contribution in [1.82, 2.24) is 0 Å². The molecule has 0 aromatic carbocycles. The van der Waals surface area contributed by atoms with Crippen LogP contribution in [0, 0.1) is 0 Å². The molecular weight excluding hydrogens is 128 g/mol. The molecule has 1 heterocycles. The zero-order valence-electron chi connectivity index (χ0n) is 6.34. The van der Waals surface area contributed by atoms with Crippen LogP contribution in [0.3, 0.4) is 0 Å². The molecule has 0 amide bonds. The summed E-state index contributed by atoms with van der Waals surface area (Å²) in [5.74, 6) is 0. The van der Waals surface area contributed by atoms with Gasteiger partial charge in [0.25, 0.3) is 0 Å². The Morgan fingerprint density at radius 3 is 2.90 bits per heavy atom. The highest BCUT2D eigenvalue weighted by molar-refractivity contribution is 4.97. The van der Waals surface area contributed by atoms with Gasteiger partial charge in [-0.1, -0.05) is 6.08 Å². The van der Waals surface area contributed by atoms with E-state index in [1.165, 1.54) is 0 Å².